The molecule has 1 atom stereocenters. The van der Waals surface area contributed by atoms with Crippen LogP contribution in [-0.4, -0.2) is 62.0 Å². The van der Waals surface area contributed by atoms with Crippen LogP contribution in [0.15, 0.2) is 42.5 Å². The van der Waals surface area contributed by atoms with Gasteiger partial charge in [0.25, 0.3) is 0 Å². The smallest absolute Gasteiger partial charge is 0.225 e. The summed E-state index contributed by atoms with van der Waals surface area (Å²) in [7, 11) is 3.21. The van der Waals surface area contributed by atoms with Crippen molar-refractivity contribution >= 4 is 11.8 Å². The average Bonchev–Trinajstić information content (AvgIpc) is 3.25. The number of nitrogens with zero attached hydrogens (tertiary/aromatic N) is 2. The van der Waals surface area contributed by atoms with Gasteiger partial charge in [-0.05, 0) is 48.3 Å². The van der Waals surface area contributed by atoms with E-state index in [0.717, 1.165) is 30.8 Å². The lowest BCUT2D eigenvalue weighted by molar-refractivity contribution is -0.129. The zero-order valence-corrected chi connectivity index (χ0v) is 20.8. The standard InChI is InChI=1S/C27H37N3O4/c1-5-29(6-2)18-22-10-8-7-9-21(22)17-28-27(32)23-16-26(31)30(19-23)14-13-20-11-12-24(33-3)25(15-20)34-4/h7-12,15,23H,5-6,13-14,16-19H2,1-4H3,(H,28,32). The van der Waals surface area contributed by atoms with Crippen molar-refractivity contribution in [1.29, 1.82) is 0 Å². The second-order valence-electron chi connectivity index (χ2n) is 8.63. The summed E-state index contributed by atoms with van der Waals surface area (Å²) in [4.78, 5) is 29.5. The molecule has 0 aliphatic carbocycles. The Morgan fingerprint density at radius 3 is 2.44 bits per heavy atom. The molecule has 0 aromatic heterocycles. The van der Waals surface area contributed by atoms with Crippen LogP contribution in [0.4, 0.5) is 0 Å². The van der Waals surface area contributed by atoms with Crippen LogP contribution in [0, 0.1) is 5.92 Å². The molecule has 34 heavy (non-hydrogen) atoms. The molecule has 184 valence electrons. The summed E-state index contributed by atoms with van der Waals surface area (Å²) < 4.78 is 10.6. The molecule has 1 unspecified atom stereocenters. The first-order valence-corrected chi connectivity index (χ1v) is 12.0. The van der Waals surface area contributed by atoms with Gasteiger partial charge < -0.3 is 19.7 Å². The molecular formula is C27H37N3O4. The van der Waals surface area contributed by atoms with Crippen molar-refractivity contribution in [2.75, 3.05) is 40.4 Å². The van der Waals surface area contributed by atoms with Crippen LogP contribution >= 0.6 is 0 Å². The number of likely N-dealkylation sites (tertiary alicyclic amines) is 1. The van der Waals surface area contributed by atoms with Crippen LogP contribution in [0.5, 0.6) is 11.5 Å². The SMILES string of the molecule is CCN(CC)Cc1ccccc1CNC(=O)C1CC(=O)N(CCc2ccc(OC)c(OC)c2)C1. The molecule has 2 amide bonds. The number of benzene rings is 2. The summed E-state index contributed by atoms with van der Waals surface area (Å²) in [5.74, 6) is 1.01. The lowest BCUT2D eigenvalue weighted by Gasteiger charge is -2.20. The van der Waals surface area contributed by atoms with E-state index >= 15 is 0 Å². The van der Waals surface area contributed by atoms with Crippen molar-refractivity contribution in [3.8, 4) is 11.5 Å². The van der Waals surface area contributed by atoms with Crippen molar-refractivity contribution in [2.24, 2.45) is 5.92 Å². The molecule has 1 saturated heterocycles. The van der Waals surface area contributed by atoms with Crippen molar-refractivity contribution in [3.05, 3.63) is 59.2 Å². The quantitative estimate of drug-likeness (QED) is 0.519. The predicted molar refractivity (Wildman–Crippen MR) is 133 cm³/mol. The van der Waals surface area contributed by atoms with Crippen LogP contribution in [-0.2, 0) is 29.1 Å². The van der Waals surface area contributed by atoms with Crippen molar-refractivity contribution in [1.82, 2.24) is 15.1 Å². The van der Waals surface area contributed by atoms with Gasteiger partial charge in [-0.3, -0.25) is 14.5 Å². The summed E-state index contributed by atoms with van der Waals surface area (Å²) in [6.07, 6.45) is 0.956. The largest absolute Gasteiger partial charge is 0.493 e. The van der Waals surface area contributed by atoms with Crippen LogP contribution in [0.25, 0.3) is 0 Å². The van der Waals surface area contributed by atoms with Gasteiger partial charge >= 0.3 is 0 Å². The average molecular weight is 468 g/mol. The van der Waals surface area contributed by atoms with Gasteiger partial charge in [0.2, 0.25) is 11.8 Å². The Hall–Kier alpha value is -3.06. The molecular weight excluding hydrogens is 430 g/mol. The van der Waals surface area contributed by atoms with Gasteiger partial charge in [-0.1, -0.05) is 44.2 Å². The molecule has 3 rings (SSSR count). The fourth-order valence-electron chi connectivity index (χ4n) is 4.36. The van der Waals surface area contributed by atoms with Crippen LogP contribution < -0.4 is 14.8 Å². The van der Waals surface area contributed by atoms with Crippen molar-refractivity contribution in [3.63, 3.8) is 0 Å². The van der Waals surface area contributed by atoms with E-state index in [0.29, 0.717) is 37.6 Å². The zero-order chi connectivity index (χ0) is 24.5. The van der Waals surface area contributed by atoms with E-state index in [1.165, 1.54) is 5.56 Å². The molecule has 1 N–H and O–H groups in total. The van der Waals surface area contributed by atoms with E-state index in [1.54, 1.807) is 19.1 Å². The number of amides is 2. The Morgan fingerprint density at radius 2 is 1.76 bits per heavy atom. The molecule has 0 spiro atoms. The maximum Gasteiger partial charge on any atom is 0.225 e. The fourth-order valence-corrected chi connectivity index (χ4v) is 4.36. The second-order valence-corrected chi connectivity index (χ2v) is 8.63. The molecule has 1 aliphatic rings. The maximum absolute atomic E-state index is 12.9. The van der Waals surface area contributed by atoms with Gasteiger partial charge in [0.05, 0.1) is 20.1 Å². The maximum atomic E-state index is 12.9. The molecule has 2 aromatic carbocycles. The molecule has 7 heteroatoms. The fraction of sp³-hybridized carbons (Fsp3) is 0.481. The summed E-state index contributed by atoms with van der Waals surface area (Å²) in [5, 5.41) is 3.07. The molecule has 0 radical (unpaired) electrons. The van der Waals surface area contributed by atoms with E-state index in [2.05, 4.69) is 36.2 Å². The minimum absolute atomic E-state index is 0.0301. The highest BCUT2D eigenvalue weighted by Crippen LogP contribution is 2.28. The van der Waals surface area contributed by atoms with Crippen LogP contribution in [0.2, 0.25) is 0 Å². The third kappa shape index (κ3) is 6.50. The molecule has 2 aromatic rings. The lowest BCUT2D eigenvalue weighted by atomic mass is 10.1. The highest BCUT2D eigenvalue weighted by atomic mass is 16.5. The second kappa shape index (κ2) is 12.4. The Bertz CT molecular complexity index is 974. The topological polar surface area (TPSA) is 71.1 Å². The molecule has 7 nitrogen and oxygen atoms in total. The van der Waals surface area contributed by atoms with Gasteiger partial charge in [-0.25, -0.2) is 0 Å². The summed E-state index contributed by atoms with van der Waals surface area (Å²) in [6.45, 7) is 8.66. The molecule has 0 bridgehead atoms. The first-order chi connectivity index (χ1) is 16.5. The third-order valence-electron chi connectivity index (χ3n) is 6.56. The van der Waals surface area contributed by atoms with E-state index in [-0.39, 0.29) is 24.2 Å². The number of ether oxygens (including phenoxy) is 2. The highest BCUT2D eigenvalue weighted by molar-refractivity contribution is 5.89. The first kappa shape index (κ1) is 25.6. The summed E-state index contributed by atoms with van der Waals surface area (Å²) in [5.41, 5.74) is 3.41. The third-order valence-corrected chi connectivity index (χ3v) is 6.56. The van der Waals surface area contributed by atoms with Crippen molar-refractivity contribution in [2.45, 2.75) is 39.8 Å². The minimum atomic E-state index is -0.312. The normalized spacial score (nSPS) is 15.6. The van der Waals surface area contributed by atoms with Crippen LogP contribution in [0.1, 0.15) is 37.0 Å². The van der Waals surface area contributed by atoms with Gasteiger partial charge in [0.15, 0.2) is 11.5 Å². The van der Waals surface area contributed by atoms with Gasteiger partial charge in [0.1, 0.15) is 0 Å². The van der Waals surface area contributed by atoms with Gasteiger partial charge in [-0.2, -0.15) is 0 Å². The van der Waals surface area contributed by atoms with Crippen LogP contribution in [0.3, 0.4) is 0 Å². The number of hydrogen-bond donors (Lipinski definition) is 1. The zero-order valence-electron chi connectivity index (χ0n) is 20.8. The van der Waals surface area contributed by atoms with Gasteiger partial charge in [-0.15, -0.1) is 0 Å². The Kier molecular flexibility index (Phi) is 9.33. The van der Waals surface area contributed by atoms with E-state index in [4.69, 9.17) is 9.47 Å². The highest BCUT2D eigenvalue weighted by Gasteiger charge is 2.33. The Labute approximate surface area is 203 Å². The predicted octanol–water partition coefficient (Wildman–Crippen LogP) is 3.25. The number of hydrogen-bond acceptors (Lipinski definition) is 5. The molecule has 1 heterocycles. The summed E-state index contributed by atoms with van der Waals surface area (Å²) in [6, 6.07) is 14.0. The van der Waals surface area contributed by atoms with Crippen molar-refractivity contribution < 1.29 is 19.1 Å². The number of carbonyl (C=O) groups is 2. The minimum Gasteiger partial charge on any atom is -0.493 e. The molecule has 1 aliphatic heterocycles. The van der Waals surface area contributed by atoms with E-state index < -0.39 is 0 Å². The molecule has 0 saturated carbocycles. The lowest BCUT2D eigenvalue weighted by Crippen LogP contribution is -2.33. The Balaban J connectivity index is 1.53. The summed E-state index contributed by atoms with van der Waals surface area (Å²) >= 11 is 0. The first-order valence-electron chi connectivity index (χ1n) is 12.0. The number of carbonyl (C=O) groups excluding carboxylic acids is 2. The monoisotopic (exact) mass is 467 g/mol. The van der Waals surface area contributed by atoms with E-state index in [1.807, 2.05) is 30.3 Å². The van der Waals surface area contributed by atoms with Gasteiger partial charge in [0, 0.05) is 32.6 Å². The Morgan fingerprint density at radius 1 is 1.06 bits per heavy atom. The number of nitrogens with one attached hydrogen (secondary N) is 1. The number of rotatable bonds is 12. The molecule has 1 fully saturated rings. The van der Waals surface area contributed by atoms with E-state index in [9.17, 15) is 9.59 Å². The number of methoxy groups -OCH3 is 2.